The van der Waals surface area contributed by atoms with Gasteiger partial charge in [-0.15, -0.1) is 5.10 Å². The number of aromatic carboxylic acids is 1. The molecule has 1 atom stereocenters. The number of hydrogen-bond donors (Lipinski definition) is 1. The average molecular weight is 459 g/mol. The van der Waals surface area contributed by atoms with E-state index in [4.69, 9.17) is 9.84 Å². The van der Waals surface area contributed by atoms with Crippen LogP contribution in [-0.4, -0.2) is 61.2 Å². The zero-order valence-corrected chi connectivity index (χ0v) is 18.2. The van der Waals surface area contributed by atoms with Gasteiger partial charge in [0.15, 0.2) is 11.6 Å². The number of hydrogen-bond acceptors (Lipinski definition) is 6. The van der Waals surface area contributed by atoms with E-state index in [1.807, 2.05) is 13.8 Å². The minimum absolute atomic E-state index is 0.000621. The molecule has 9 nitrogen and oxygen atoms in total. The Hall–Kier alpha value is -3.63. The zero-order chi connectivity index (χ0) is 23.7. The van der Waals surface area contributed by atoms with Crippen LogP contribution in [0.25, 0.3) is 22.3 Å². The van der Waals surface area contributed by atoms with Crippen LogP contribution in [0, 0.1) is 11.6 Å². The van der Waals surface area contributed by atoms with Crippen LogP contribution in [0.5, 0.6) is 0 Å². The van der Waals surface area contributed by atoms with E-state index in [0.29, 0.717) is 37.0 Å². The highest BCUT2D eigenvalue weighted by atomic mass is 19.2. The number of rotatable bonds is 5. The first-order chi connectivity index (χ1) is 15.8. The predicted octanol–water partition coefficient (Wildman–Crippen LogP) is 4.04. The van der Waals surface area contributed by atoms with Crippen molar-refractivity contribution in [3.8, 4) is 11.3 Å². The first-order valence-electron chi connectivity index (χ1n) is 10.7. The molecule has 0 unspecified atom stereocenters. The van der Waals surface area contributed by atoms with Crippen LogP contribution in [0.15, 0.2) is 24.4 Å². The fourth-order valence-corrected chi connectivity index (χ4v) is 3.79. The molecule has 0 spiro atoms. The molecular formula is C22H23F2N5O4. The van der Waals surface area contributed by atoms with Crippen molar-refractivity contribution in [1.82, 2.24) is 24.9 Å². The molecule has 1 aliphatic rings. The Morgan fingerprint density at radius 3 is 2.64 bits per heavy atom. The number of likely N-dealkylation sites (tertiary alicyclic amines) is 1. The Labute approximate surface area is 188 Å². The fourth-order valence-electron chi connectivity index (χ4n) is 3.79. The summed E-state index contributed by atoms with van der Waals surface area (Å²) in [6.45, 7) is 4.85. The predicted molar refractivity (Wildman–Crippen MR) is 114 cm³/mol. The van der Waals surface area contributed by atoms with Crippen molar-refractivity contribution >= 4 is 23.1 Å². The standard InChI is InChI=1S/C22H23F2N5O4/c1-3-12(2)33-22(32)28-8-6-13(7-9-28)29-18-11-25-16(10-17(18)26-27-29)14-4-5-15(21(30)31)20(24)19(14)23/h4-5,10-13H,3,6-9H2,1-2H3,(H,30,31)/t12-/m1/s1. The fraction of sp³-hybridized carbons (Fsp3) is 0.409. The van der Waals surface area contributed by atoms with Crippen molar-refractivity contribution in [3.63, 3.8) is 0 Å². The highest BCUT2D eigenvalue weighted by Gasteiger charge is 2.27. The molecule has 1 fully saturated rings. The van der Waals surface area contributed by atoms with Gasteiger partial charge in [-0.05, 0) is 44.4 Å². The molecule has 3 aromatic rings. The molecule has 11 heteroatoms. The second-order valence-electron chi connectivity index (χ2n) is 8.01. The number of aromatic nitrogens is 4. The van der Waals surface area contributed by atoms with E-state index in [-0.39, 0.29) is 29.5 Å². The van der Waals surface area contributed by atoms with Crippen LogP contribution >= 0.6 is 0 Å². The van der Waals surface area contributed by atoms with Gasteiger partial charge in [-0.2, -0.15) is 0 Å². The number of ether oxygens (including phenoxy) is 1. The smallest absolute Gasteiger partial charge is 0.410 e. The Balaban J connectivity index is 1.52. The molecule has 1 aromatic carbocycles. The SMILES string of the molecule is CC[C@@H](C)OC(=O)N1CCC(n2nnc3cc(-c4ccc(C(=O)O)c(F)c4F)ncc32)CC1. The van der Waals surface area contributed by atoms with Gasteiger partial charge in [-0.1, -0.05) is 12.1 Å². The lowest BCUT2D eigenvalue weighted by Gasteiger charge is -2.32. The van der Waals surface area contributed by atoms with Gasteiger partial charge in [-0.3, -0.25) is 4.98 Å². The van der Waals surface area contributed by atoms with E-state index in [1.54, 1.807) is 9.58 Å². The summed E-state index contributed by atoms with van der Waals surface area (Å²) in [6, 6.07) is 3.66. The molecule has 1 saturated heterocycles. The first kappa shape index (κ1) is 22.6. The number of carbonyl (C=O) groups excluding carboxylic acids is 1. The summed E-state index contributed by atoms with van der Waals surface area (Å²) in [5.74, 6) is -4.28. The number of pyridine rings is 1. The summed E-state index contributed by atoms with van der Waals surface area (Å²) in [7, 11) is 0. The van der Waals surface area contributed by atoms with E-state index in [1.165, 1.54) is 18.3 Å². The number of piperidine rings is 1. The number of fused-ring (bicyclic) bond motifs is 1. The summed E-state index contributed by atoms with van der Waals surface area (Å²) >= 11 is 0. The number of amides is 1. The van der Waals surface area contributed by atoms with Crippen molar-refractivity contribution < 1.29 is 28.2 Å². The molecule has 33 heavy (non-hydrogen) atoms. The van der Waals surface area contributed by atoms with E-state index in [2.05, 4.69) is 15.3 Å². The van der Waals surface area contributed by atoms with Crippen molar-refractivity contribution in [1.29, 1.82) is 0 Å². The summed E-state index contributed by atoms with van der Waals surface area (Å²) < 4.78 is 35.6. The molecule has 3 heterocycles. The van der Waals surface area contributed by atoms with E-state index < -0.39 is 23.2 Å². The van der Waals surface area contributed by atoms with E-state index in [9.17, 15) is 18.4 Å². The second kappa shape index (κ2) is 9.08. The van der Waals surface area contributed by atoms with Gasteiger partial charge < -0.3 is 14.7 Å². The average Bonchev–Trinajstić information content (AvgIpc) is 3.23. The highest BCUT2D eigenvalue weighted by molar-refractivity contribution is 5.89. The highest BCUT2D eigenvalue weighted by Crippen LogP contribution is 2.29. The molecular weight excluding hydrogens is 436 g/mol. The lowest BCUT2D eigenvalue weighted by molar-refractivity contribution is 0.0580. The van der Waals surface area contributed by atoms with Crippen LogP contribution in [0.4, 0.5) is 13.6 Å². The third kappa shape index (κ3) is 4.35. The number of carboxylic acids is 1. The van der Waals surface area contributed by atoms with Crippen molar-refractivity contribution in [2.24, 2.45) is 0 Å². The maximum absolute atomic E-state index is 14.4. The largest absolute Gasteiger partial charge is 0.478 e. The number of nitrogens with zero attached hydrogens (tertiary/aromatic N) is 5. The molecule has 0 saturated carbocycles. The minimum atomic E-state index is -1.55. The molecule has 0 aliphatic carbocycles. The Morgan fingerprint density at radius 2 is 1.97 bits per heavy atom. The number of carbonyl (C=O) groups is 2. The van der Waals surface area contributed by atoms with Crippen LogP contribution < -0.4 is 0 Å². The van der Waals surface area contributed by atoms with Gasteiger partial charge in [-0.25, -0.2) is 23.1 Å². The number of halogens is 2. The quantitative estimate of drug-likeness (QED) is 0.613. The van der Waals surface area contributed by atoms with Crippen LogP contribution in [-0.2, 0) is 4.74 Å². The van der Waals surface area contributed by atoms with Gasteiger partial charge in [0, 0.05) is 18.7 Å². The minimum Gasteiger partial charge on any atom is -0.478 e. The van der Waals surface area contributed by atoms with Crippen molar-refractivity contribution in [3.05, 3.63) is 41.6 Å². The van der Waals surface area contributed by atoms with Crippen molar-refractivity contribution in [2.45, 2.75) is 45.3 Å². The van der Waals surface area contributed by atoms with Crippen LogP contribution in [0.1, 0.15) is 49.5 Å². The lowest BCUT2D eigenvalue weighted by atomic mass is 10.0. The Kier molecular flexibility index (Phi) is 6.21. The lowest BCUT2D eigenvalue weighted by Crippen LogP contribution is -2.40. The Morgan fingerprint density at radius 1 is 1.24 bits per heavy atom. The molecule has 1 N–H and O–H groups in total. The van der Waals surface area contributed by atoms with Gasteiger partial charge in [0.1, 0.15) is 17.1 Å². The Bertz CT molecular complexity index is 1210. The molecule has 0 radical (unpaired) electrons. The number of benzene rings is 1. The molecule has 1 amide bonds. The van der Waals surface area contributed by atoms with Gasteiger partial charge >= 0.3 is 12.1 Å². The molecule has 0 bridgehead atoms. The maximum atomic E-state index is 14.4. The topological polar surface area (TPSA) is 110 Å². The summed E-state index contributed by atoms with van der Waals surface area (Å²) in [6.07, 6.45) is 3.10. The van der Waals surface area contributed by atoms with Gasteiger partial charge in [0.25, 0.3) is 0 Å². The van der Waals surface area contributed by atoms with E-state index >= 15 is 0 Å². The third-order valence-electron chi connectivity index (χ3n) is 5.89. The van der Waals surface area contributed by atoms with Crippen molar-refractivity contribution in [2.75, 3.05) is 13.1 Å². The van der Waals surface area contributed by atoms with Crippen LogP contribution in [0.2, 0.25) is 0 Å². The summed E-state index contributed by atoms with van der Waals surface area (Å²) in [4.78, 5) is 29.1. The van der Waals surface area contributed by atoms with E-state index in [0.717, 1.165) is 12.5 Å². The zero-order valence-electron chi connectivity index (χ0n) is 18.2. The van der Waals surface area contributed by atoms with Gasteiger partial charge in [0.2, 0.25) is 0 Å². The van der Waals surface area contributed by atoms with Crippen LogP contribution in [0.3, 0.4) is 0 Å². The normalized spacial score (nSPS) is 15.6. The molecule has 2 aromatic heterocycles. The third-order valence-corrected chi connectivity index (χ3v) is 5.89. The van der Waals surface area contributed by atoms with Gasteiger partial charge in [0.05, 0.1) is 23.5 Å². The monoisotopic (exact) mass is 459 g/mol. The molecule has 174 valence electrons. The number of carboxylic acid groups (broad SMARTS) is 1. The first-order valence-corrected chi connectivity index (χ1v) is 10.7. The molecule has 1 aliphatic heterocycles. The maximum Gasteiger partial charge on any atom is 0.410 e. The molecule has 4 rings (SSSR count). The summed E-state index contributed by atoms with van der Waals surface area (Å²) in [5.41, 5.74) is 0.276. The summed E-state index contributed by atoms with van der Waals surface area (Å²) in [5, 5.41) is 17.3. The second-order valence-corrected chi connectivity index (χ2v) is 8.01.